The quantitative estimate of drug-likeness (QED) is 0.369. The van der Waals surface area contributed by atoms with Gasteiger partial charge in [-0.2, -0.15) is 0 Å². The van der Waals surface area contributed by atoms with Crippen LogP contribution in [-0.4, -0.2) is 36.7 Å². The Morgan fingerprint density at radius 2 is 2.00 bits per heavy atom. The van der Waals surface area contributed by atoms with Gasteiger partial charge in [0.05, 0.1) is 10.3 Å². The second-order valence-corrected chi connectivity index (χ2v) is 3.78. The van der Waals surface area contributed by atoms with Crippen LogP contribution in [-0.2, 0) is 11.4 Å². The molecule has 0 saturated carbocycles. The molecule has 0 fully saturated rings. The fraction of sp³-hybridized carbons (Fsp3) is 0. The summed E-state index contributed by atoms with van der Waals surface area (Å²) < 4.78 is 25.2. The van der Waals surface area contributed by atoms with Crippen molar-refractivity contribution in [2.24, 2.45) is 0 Å². The Balaban J connectivity index is 0. The van der Waals surface area contributed by atoms with Crippen LogP contribution in [0, 0.1) is 10.1 Å². The van der Waals surface area contributed by atoms with Gasteiger partial charge in [-0.15, -0.1) is 0 Å². The summed E-state index contributed by atoms with van der Waals surface area (Å²) in [5, 5.41) is 11.7. The van der Waals surface area contributed by atoms with E-state index in [1.165, 1.54) is 30.3 Å². The van der Waals surface area contributed by atoms with E-state index >= 15 is 0 Å². The minimum Gasteiger partial charge on any atom is -1.00 e. The number of hydrogen-bond donors (Lipinski definition) is 0. The van der Waals surface area contributed by atoms with Gasteiger partial charge in [0.2, 0.25) is 0 Å². The van der Waals surface area contributed by atoms with Crippen LogP contribution in [0.15, 0.2) is 36.4 Å². The minimum absolute atomic E-state index is 0. The monoisotopic (exact) mass is 278 g/mol. The average Bonchev–Trinajstić information content (AvgIpc) is 2.26. The van der Waals surface area contributed by atoms with Crippen LogP contribution in [0.4, 0.5) is 5.69 Å². The van der Waals surface area contributed by atoms with Gasteiger partial charge in [0, 0.05) is 6.07 Å². The smallest absolute Gasteiger partial charge is 1.00 e. The topological polar surface area (TPSA) is 92.5 Å². The average molecular weight is 279 g/mol. The number of fused-ring (bicyclic) bond motifs is 1. The van der Waals surface area contributed by atoms with E-state index in [1.54, 1.807) is 6.07 Å². The summed E-state index contributed by atoms with van der Waals surface area (Å²) in [5.74, 6) is 0.117. The van der Waals surface area contributed by atoms with Crippen molar-refractivity contribution in [3.05, 3.63) is 46.5 Å². The van der Waals surface area contributed by atoms with E-state index in [0.717, 1.165) is 0 Å². The molecule has 0 aliphatic rings. The van der Waals surface area contributed by atoms with Crippen molar-refractivity contribution in [1.29, 1.82) is 0 Å². The van der Waals surface area contributed by atoms with Gasteiger partial charge in [0.1, 0.15) is 17.1 Å². The molecule has 0 saturated heterocycles. The molecule has 2 rings (SSSR count). The molecule has 1 atom stereocenters. The molecule has 1 unspecified atom stereocenters. The van der Waals surface area contributed by atoms with Crippen LogP contribution >= 0.6 is 0 Å². The van der Waals surface area contributed by atoms with Gasteiger partial charge < -0.3 is 11.6 Å². The van der Waals surface area contributed by atoms with Gasteiger partial charge in [-0.25, -0.2) is 4.21 Å². The summed E-state index contributed by atoms with van der Waals surface area (Å²) in [6.07, 6.45) is 0. The normalized spacial score (nSPS) is 11.6. The van der Waals surface area contributed by atoms with Gasteiger partial charge in [-0.05, 0) is 23.6 Å². The van der Waals surface area contributed by atoms with Crippen LogP contribution < -0.4 is 4.18 Å². The number of rotatable bonds is 3. The van der Waals surface area contributed by atoms with E-state index in [1.807, 2.05) is 0 Å². The molecule has 0 aromatic heterocycles. The van der Waals surface area contributed by atoms with Gasteiger partial charge in [-0.1, -0.05) is 12.1 Å². The van der Waals surface area contributed by atoms with Crippen molar-refractivity contribution in [3.8, 4) is 5.75 Å². The summed E-state index contributed by atoms with van der Waals surface area (Å²) >= 11 is -2.66. The van der Waals surface area contributed by atoms with Crippen molar-refractivity contribution in [2.45, 2.75) is 0 Å². The maximum Gasteiger partial charge on any atom is 2.00 e. The van der Waals surface area contributed by atoms with E-state index in [2.05, 4.69) is 4.18 Å². The van der Waals surface area contributed by atoms with Gasteiger partial charge in [0.15, 0.2) is 0 Å². The largest absolute Gasteiger partial charge is 2.00 e. The number of nitrogens with zero attached hydrogens (tertiary/aromatic N) is 1. The summed E-state index contributed by atoms with van der Waals surface area (Å²) in [4.78, 5) is 10.3. The van der Waals surface area contributed by atoms with Gasteiger partial charge >= 0.3 is 23.1 Å². The first-order valence-corrected chi connectivity index (χ1v) is 5.52. The zero-order chi connectivity index (χ0) is 12.4. The second kappa shape index (κ2) is 6.09. The predicted molar refractivity (Wildman–Crippen MR) is 68.1 cm³/mol. The molecule has 0 spiro atoms. The molecule has 0 bridgehead atoms. The maximum absolute atomic E-state index is 10.8. The Hall–Kier alpha value is -1.22. The molecule has 0 amide bonds. The van der Waals surface area contributed by atoms with Crippen molar-refractivity contribution in [3.63, 3.8) is 0 Å². The molecule has 0 aliphatic carbocycles. The van der Waals surface area contributed by atoms with Crippen molar-refractivity contribution in [2.75, 3.05) is 0 Å². The fourth-order valence-corrected chi connectivity index (χ4v) is 1.80. The molecular formula is C10H8MgNO5S-. The third-order valence-electron chi connectivity index (χ3n) is 2.19. The van der Waals surface area contributed by atoms with Gasteiger partial charge in [0.25, 0.3) is 5.69 Å². The van der Waals surface area contributed by atoms with Crippen LogP contribution in [0.1, 0.15) is 2.85 Å². The van der Waals surface area contributed by atoms with E-state index in [0.29, 0.717) is 10.8 Å². The summed E-state index contributed by atoms with van der Waals surface area (Å²) in [6, 6.07) is 8.80. The number of hydrogen-bond acceptors (Lipinski definition) is 5. The summed E-state index contributed by atoms with van der Waals surface area (Å²) in [6.45, 7) is 0. The van der Waals surface area contributed by atoms with Crippen LogP contribution in [0.2, 0.25) is 0 Å². The van der Waals surface area contributed by atoms with E-state index in [-0.39, 0.29) is 37.3 Å². The number of non-ortho nitro benzene ring substituents is 1. The van der Waals surface area contributed by atoms with Crippen molar-refractivity contribution >= 4 is 50.9 Å². The molecule has 18 heavy (non-hydrogen) atoms. The molecule has 6 nitrogen and oxygen atoms in total. The first-order chi connectivity index (χ1) is 8.08. The Morgan fingerprint density at radius 1 is 1.28 bits per heavy atom. The third-order valence-corrected chi connectivity index (χ3v) is 2.52. The fourth-order valence-electron chi connectivity index (χ4n) is 1.53. The Kier molecular flexibility index (Phi) is 5.02. The predicted octanol–water partition coefficient (Wildman–Crippen LogP) is 1.77. The van der Waals surface area contributed by atoms with Crippen LogP contribution in [0.5, 0.6) is 5.75 Å². The summed E-state index contributed by atoms with van der Waals surface area (Å²) in [7, 11) is 0. The van der Waals surface area contributed by atoms with E-state index in [4.69, 9.17) is 0 Å². The molecule has 0 heterocycles. The first kappa shape index (κ1) is 14.8. The van der Waals surface area contributed by atoms with Crippen LogP contribution in [0.25, 0.3) is 10.8 Å². The van der Waals surface area contributed by atoms with E-state index in [9.17, 15) is 18.9 Å². The summed E-state index contributed by atoms with van der Waals surface area (Å²) in [5.41, 5.74) is -0.0303. The molecular weight excluding hydrogens is 270 g/mol. The minimum atomic E-state index is -2.66. The molecule has 2 aromatic carbocycles. The third kappa shape index (κ3) is 3.16. The zero-order valence-electron chi connectivity index (χ0n) is 11.1. The van der Waals surface area contributed by atoms with Crippen molar-refractivity contribution in [1.82, 2.24) is 0 Å². The Morgan fingerprint density at radius 3 is 2.61 bits per heavy atom. The standard InChI is InChI=1S/C10H7NO5S.Mg.2H/c12-11(13)10-3-1-2-7-6-8(16-17(14)15)4-5-9(7)10;;;/h1-6H,(H,14,15);;;/q;+2;2*-1/p-1. The molecule has 0 aliphatic heterocycles. The number of nitro groups is 1. The first-order valence-electron chi connectivity index (χ1n) is 4.52. The molecule has 2 aromatic rings. The second-order valence-electron chi connectivity index (χ2n) is 3.20. The number of benzene rings is 2. The molecule has 92 valence electrons. The molecule has 8 heteroatoms. The van der Waals surface area contributed by atoms with E-state index < -0.39 is 16.3 Å². The number of nitro benzene ring substituents is 1. The van der Waals surface area contributed by atoms with Gasteiger partial charge in [-0.3, -0.25) is 10.1 Å². The SMILES string of the molecule is O=[N+]([O-])c1cccc2cc(OS(=O)[O-])ccc12.[H-].[H-].[Mg+2]. The molecule has 0 radical (unpaired) electrons. The van der Waals surface area contributed by atoms with Crippen LogP contribution in [0.3, 0.4) is 0 Å². The molecule has 0 N–H and O–H groups in total. The zero-order valence-corrected chi connectivity index (χ0v) is 11.3. The Bertz CT molecular complexity index is 628. The maximum atomic E-state index is 10.8. The Labute approximate surface area is 124 Å². The van der Waals surface area contributed by atoms with Crippen molar-refractivity contribution < 1.29 is 20.7 Å².